The third kappa shape index (κ3) is 2.27. The Morgan fingerprint density at radius 2 is 2.14 bits per heavy atom. The molecule has 0 N–H and O–H groups in total. The minimum absolute atomic E-state index is 0.0256. The van der Waals surface area contributed by atoms with Crippen LogP contribution in [0.3, 0.4) is 0 Å². The van der Waals surface area contributed by atoms with Crippen molar-refractivity contribution in [2.75, 3.05) is 6.54 Å². The molecule has 0 radical (unpaired) electrons. The van der Waals surface area contributed by atoms with Crippen molar-refractivity contribution in [2.24, 2.45) is 0 Å². The van der Waals surface area contributed by atoms with Crippen LogP contribution in [0.15, 0.2) is 12.3 Å². The molecule has 1 heterocycles. The molecule has 76 valence electrons. The molecule has 3 nitrogen and oxygen atoms in total. The first-order valence-corrected chi connectivity index (χ1v) is 3.93. The molecule has 1 aromatic heterocycles. The first kappa shape index (κ1) is 10.6. The zero-order chi connectivity index (χ0) is 10.8. The quantitative estimate of drug-likeness (QED) is 0.543. The summed E-state index contributed by atoms with van der Waals surface area (Å²) < 4.78 is 37.9. The Morgan fingerprint density at radius 3 is 2.64 bits per heavy atom. The number of hydrogen-bond donors (Lipinski definition) is 0. The molecule has 14 heavy (non-hydrogen) atoms. The van der Waals surface area contributed by atoms with Gasteiger partial charge in [0.2, 0.25) is 5.69 Å². The molecule has 1 rings (SSSR count). The minimum Gasteiger partial charge on any atom is -0.239 e. The standard InChI is InChI=1S/C8H9F3N3/c1-3-14(2)7-12-5-4-6(13-7)8(9,10)11/h4-5H,2-3H2,1H3/q+1. The molecule has 1 aromatic rings. The Kier molecular flexibility index (Phi) is 2.83. The largest absolute Gasteiger partial charge is 0.449 e. The van der Waals surface area contributed by atoms with Gasteiger partial charge in [0.25, 0.3) is 0 Å². The molecule has 6 heteroatoms. The van der Waals surface area contributed by atoms with E-state index in [2.05, 4.69) is 16.7 Å². The summed E-state index contributed by atoms with van der Waals surface area (Å²) in [6.45, 7) is 5.68. The van der Waals surface area contributed by atoms with Gasteiger partial charge >= 0.3 is 12.1 Å². The maximum absolute atomic E-state index is 12.2. The fourth-order valence-electron chi connectivity index (χ4n) is 0.800. The minimum atomic E-state index is -4.44. The maximum atomic E-state index is 12.2. The van der Waals surface area contributed by atoms with E-state index in [0.29, 0.717) is 6.54 Å². The highest BCUT2D eigenvalue weighted by Crippen LogP contribution is 2.27. The summed E-state index contributed by atoms with van der Waals surface area (Å²) >= 11 is 0. The Morgan fingerprint density at radius 1 is 1.50 bits per heavy atom. The van der Waals surface area contributed by atoms with E-state index in [9.17, 15) is 13.2 Å². The van der Waals surface area contributed by atoms with Crippen LogP contribution in [-0.2, 0) is 6.18 Å². The summed E-state index contributed by atoms with van der Waals surface area (Å²) in [4.78, 5) is 7.02. The fourth-order valence-corrected chi connectivity index (χ4v) is 0.800. The second kappa shape index (κ2) is 3.73. The highest BCUT2D eigenvalue weighted by molar-refractivity contribution is 5.21. The number of hydrogen-bond acceptors (Lipinski definition) is 2. The van der Waals surface area contributed by atoms with Gasteiger partial charge in [-0.1, -0.05) is 9.97 Å². The lowest BCUT2D eigenvalue weighted by atomic mass is 10.4. The van der Waals surface area contributed by atoms with Gasteiger partial charge in [0.05, 0.1) is 6.54 Å². The Bertz CT molecular complexity index is 346. The van der Waals surface area contributed by atoms with Crippen LogP contribution in [0.5, 0.6) is 0 Å². The Labute approximate surface area is 78.9 Å². The van der Waals surface area contributed by atoms with Crippen LogP contribution in [-0.4, -0.2) is 27.8 Å². The van der Waals surface area contributed by atoms with Crippen molar-refractivity contribution in [1.29, 1.82) is 0 Å². The summed E-state index contributed by atoms with van der Waals surface area (Å²) in [6.07, 6.45) is -3.37. The predicted molar refractivity (Wildman–Crippen MR) is 44.6 cm³/mol. The van der Waals surface area contributed by atoms with E-state index in [1.807, 2.05) is 0 Å². The van der Waals surface area contributed by atoms with Gasteiger partial charge in [-0.15, -0.1) is 0 Å². The lowest BCUT2D eigenvalue weighted by Crippen LogP contribution is -2.12. The summed E-state index contributed by atoms with van der Waals surface area (Å²) in [6, 6.07) is 0.826. The van der Waals surface area contributed by atoms with Crippen LogP contribution in [0.2, 0.25) is 0 Å². The molecular weight excluding hydrogens is 195 g/mol. The van der Waals surface area contributed by atoms with Crippen LogP contribution in [0, 0.1) is 0 Å². The van der Waals surface area contributed by atoms with E-state index >= 15 is 0 Å². The van der Waals surface area contributed by atoms with Crippen molar-refractivity contribution >= 4 is 12.7 Å². The topological polar surface area (TPSA) is 28.8 Å². The molecular formula is C8H9F3N3+. The second-order valence-electron chi connectivity index (χ2n) is 2.60. The summed E-state index contributed by atoms with van der Waals surface area (Å²) in [5, 5.41) is 0. The first-order valence-electron chi connectivity index (χ1n) is 3.93. The molecule has 0 aliphatic carbocycles. The highest BCUT2D eigenvalue weighted by atomic mass is 19.4. The van der Waals surface area contributed by atoms with E-state index in [1.165, 1.54) is 4.58 Å². The van der Waals surface area contributed by atoms with E-state index in [1.54, 1.807) is 6.92 Å². The molecule has 0 aromatic carbocycles. The van der Waals surface area contributed by atoms with Crippen molar-refractivity contribution in [1.82, 2.24) is 9.97 Å². The molecule has 0 unspecified atom stereocenters. The molecule has 0 aliphatic rings. The smallest absolute Gasteiger partial charge is 0.239 e. The van der Waals surface area contributed by atoms with Crippen molar-refractivity contribution in [3.05, 3.63) is 18.0 Å². The molecule has 0 atom stereocenters. The fraction of sp³-hybridized carbons (Fsp3) is 0.375. The normalized spacial score (nSPS) is 11.4. The average Bonchev–Trinajstić information content (AvgIpc) is 2.15. The number of rotatable bonds is 2. The van der Waals surface area contributed by atoms with Crippen molar-refractivity contribution in [3.8, 4) is 0 Å². The Balaban J connectivity index is 3.08. The second-order valence-corrected chi connectivity index (χ2v) is 2.60. The SMILES string of the molecule is C=[N+](CC)c1nccc(C(F)(F)F)n1. The van der Waals surface area contributed by atoms with Crippen LogP contribution in [0.25, 0.3) is 0 Å². The van der Waals surface area contributed by atoms with Gasteiger partial charge in [-0.3, -0.25) is 0 Å². The van der Waals surface area contributed by atoms with Gasteiger partial charge in [-0.25, -0.2) is 4.58 Å². The predicted octanol–water partition coefficient (Wildman–Crippen LogP) is 1.86. The van der Waals surface area contributed by atoms with Crippen LogP contribution in [0.4, 0.5) is 19.1 Å². The summed E-state index contributed by atoms with van der Waals surface area (Å²) in [7, 11) is 0. The first-order chi connectivity index (χ1) is 6.45. The Hall–Kier alpha value is -1.46. The van der Waals surface area contributed by atoms with E-state index in [4.69, 9.17) is 0 Å². The van der Waals surface area contributed by atoms with Crippen LogP contribution >= 0.6 is 0 Å². The van der Waals surface area contributed by atoms with Gasteiger partial charge < -0.3 is 0 Å². The summed E-state index contributed by atoms with van der Waals surface area (Å²) in [5.41, 5.74) is -0.954. The molecule has 0 amide bonds. The molecule has 0 aliphatic heterocycles. The number of aromatic nitrogens is 2. The van der Waals surface area contributed by atoms with Crippen LogP contribution in [0.1, 0.15) is 12.6 Å². The van der Waals surface area contributed by atoms with Crippen molar-refractivity contribution in [3.63, 3.8) is 0 Å². The lowest BCUT2D eigenvalue weighted by Gasteiger charge is -2.01. The molecule has 0 saturated carbocycles. The highest BCUT2D eigenvalue weighted by Gasteiger charge is 2.36. The zero-order valence-electron chi connectivity index (χ0n) is 7.54. The molecule has 0 saturated heterocycles. The van der Waals surface area contributed by atoms with Gasteiger partial charge in [-0.2, -0.15) is 13.2 Å². The monoisotopic (exact) mass is 204 g/mol. The van der Waals surface area contributed by atoms with Gasteiger partial charge in [0.1, 0.15) is 6.20 Å². The maximum Gasteiger partial charge on any atom is 0.449 e. The van der Waals surface area contributed by atoms with Crippen molar-refractivity contribution < 1.29 is 17.7 Å². The molecule has 0 spiro atoms. The average molecular weight is 204 g/mol. The van der Waals surface area contributed by atoms with E-state index < -0.39 is 11.9 Å². The third-order valence-electron chi connectivity index (χ3n) is 1.60. The van der Waals surface area contributed by atoms with E-state index in [0.717, 1.165) is 12.3 Å². The summed E-state index contributed by atoms with van der Waals surface area (Å²) in [5.74, 6) is -0.0256. The van der Waals surface area contributed by atoms with Crippen LogP contribution < -0.4 is 0 Å². The number of alkyl halides is 3. The zero-order valence-corrected chi connectivity index (χ0v) is 7.54. The lowest BCUT2D eigenvalue weighted by molar-refractivity contribution is -0.435. The van der Waals surface area contributed by atoms with Gasteiger partial charge in [0, 0.05) is 12.8 Å². The van der Waals surface area contributed by atoms with Crippen molar-refractivity contribution in [2.45, 2.75) is 13.1 Å². The van der Waals surface area contributed by atoms with E-state index in [-0.39, 0.29) is 5.95 Å². The number of halogens is 3. The number of nitrogens with zero attached hydrogens (tertiary/aromatic N) is 3. The van der Waals surface area contributed by atoms with Gasteiger partial charge in [-0.05, 0) is 6.92 Å². The van der Waals surface area contributed by atoms with Gasteiger partial charge in [0.15, 0.2) is 0 Å². The third-order valence-corrected chi connectivity index (χ3v) is 1.60. The molecule has 0 bridgehead atoms. The molecule has 0 fully saturated rings.